The minimum Gasteiger partial charge on any atom is -0.283 e. The van der Waals surface area contributed by atoms with Crippen molar-refractivity contribution in [2.45, 2.75) is 43.8 Å². The molecule has 2 aromatic carbocycles. The van der Waals surface area contributed by atoms with E-state index in [9.17, 15) is 14.4 Å². The largest absolute Gasteiger partial charge is 0.283 e. The summed E-state index contributed by atoms with van der Waals surface area (Å²) in [5, 5.41) is 1.54. The Kier molecular flexibility index (Phi) is 6.23. The Morgan fingerprint density at radius 2 is 1.61 bits per heavy atom. The standard InChI is InChI=1S/C28H25N3O3S2/c32-25-19-11-4-5-12-20(19)26(33)30(25)15-6-7-16-35-28-29-24-23(21-13-8-14-22(21)36-24)27(34)31(28)17-18-9-2-1-3-10-18/h1-5,9-12H,6-8,13-17H2. The maximum absolute atomic E-state index is 13.7. The number of carbonyl (C=O) groups excluding carboxylic acids is 2. The van der Waals surface area contributed by atoms with Crippen LogP contribution in [0.25, 0.3) is 10.2 Å². The number of imide groups is 1. The predicted molar refractivity (Wildman–Crippen MR) is 143 cm³/mol. The molecule has 0 unspecified atom stereocenters. The minimum absolute atomic E-state index is 0.0526. The summed E-state index contributed by atoms with van der Waals surface area (Å²) in [6.45, 7) is 0.887. The molecule has 36 heavy (non-hydrogen) atoms. The highest BCUT2D eigenvalue weighted by molar-refractivity contribution is 7.99. The SMILES string of the molecule is O=C1c2ccccc2C(=O)N1CCCCSc1nc2sc3c(c2c(=O)n1Cc1ccccc1)CCC3. The first-order valence-corrected chi connectivity index (χ1v) is 14.1. The molecule has 0 saturated heterocycles. The lowest BCUT2D eigenvalue weighted by molar-refractivity contribution is 0.0652. The molecule has 2 aliphatic rings. The van der Waals surface area contributed by atoms with Crippen molar-refractivity contribution in [3.05, 3.63) is 92.1 Å². The van der Waals surface area contributed by atoms with Crippen LogP contribution in [0.4, 0.5) is 0 Å². The lowest BCUT2D eigenvalue weighted by Crippen LogP contribution is -2.30. The van der Waals surface area contributed by atoms with E-state index in [1.54, 1.807) is 47.4 Å². The number of rotatable bonds is 8. The molecule has 6 rings (SSSR count). The molecule has 0 radical (unpaired) electrons. The lowest BCUT2D eigenvalue weighted by Gasteiger charge is -2.14. The van der Waals surface area contributed by atoms with Gasteiger partial charge >= 0.3 is 0 Å². The third-order valence-corrected chi connectivity index (χ3v) is 9.11. The van der Waals surface area contributed by atoms with Crippen LogP contribution in [0.5, 0.6) is 0 Å². The highest BCUT2D eigenvalue weighted by Gasteiger charge is 2.34. The molecule has 2 aromatic heterocycles. The van der Waals surface area contributed by atoms with Crippen LogP contribution in [-0.2, 0) is 19.4 Å². The molecule has 1 aliphatic carbocycles. The zero-order chi connectivity index (χ0) is 24.6. The predicted octanol–water partition coefficient (Wildman–Crippen LogP) is 5.16. The van der Waals surface area contributed by atoms with Gasteiger partial charge in [0.15, 0.2) is 5.16 Å². The fourth-order valence-corrected chi connectivity index (χ4v) is 7.35. The molecule has 0 atom stereocenters. The van der Waals surface area contributed by atoms with Crippen LogP contribution in [0.1, 0.15) is 56.0 Å². The first-order valence-electron chi connectivity index (χ1n) is 12.3. The van der Waals surface area contributed by atoms with Gasteiger partial charge in [0.05, 0.1) is 23.1 Å². The van der Waals surface area contributed by atoms with E-state index in [0.29, 0.717) is 30.6 Å². The van der Waals surface area contributed by atoms with Crippen LogP contribution in [-0.4, -0.2) is 38.6 Å². The zero-order valence-corrected chi connectivity index (χ0v) is 21.4. The fraction of sp³-hybridized carbons (Fsp3) is 0.286. The van der Waals surface area contributed by atoms with Crippen molar-refractivity contribution >= 4 is 45.1 Å². The smallest absolute Gasteiger partial charge is 0.263 e. The number of hydrogen-bond donors (Lipinski definition) is 0. The lowest BCUT2D eigenvalue weighted by atomic mass is 10.1. The Bertz CT molecular complexity index is 1510. The van der Waals surface area contributed by atoms with Crippen LogP contribution in [0.2, 0.25) is 0 Å². The van der Waals surface area contributed by atoms with Crippen molar-refractivity contribution in [3.8, 4) is 0 Å². The molecule has 1 aliphatic heterocycles. The molecular formula is C28H25N3O3S2. The number of nitrogens with zero attached hydrogens (tertiary/aromatic N) is 3. The molecule has 182 valence electrons. The second-order valence-electron chi connectivity index (χ2n) is 9.17. The van der Waals surface area contributed by atoms with Gasteiger partial charge in [-0.2, -0.15) is 0 Å². The summed E-state index contributed by atoms with van der Waals surface area (Å²) in [6, 6.07) is 17.0. The second-order valence-corrected chi connectivity index (χ2v) is 11.3. The second kappa shape index (κ2) is 9.67. The Labute approximate surface area is 217 Å². The number of aryl methyl sites for hydroxylation is 2. The summed E-state index contributed by atoms with van der Waals surface area (Å²) in [6.07, 6.45) is 4.62. The van der Waals surface area contributed by atoms with E-state index in [1.165, 1.54) is 15.3 Å². The number of aromatic nitrogens is 2. The number of thiophene rings is 1. The van der Waals surface area contributed by atoms with E-state index in [2.05, 4.69) is 0 Å². The average Bonchev–Trinajstić information content (AvgIpc) is 3.55. The number of benzene rings is 2. The zero-order valence-electron chi connectivity index (χ0n) is 19.7. The summed E-state index contributed by atoms with van der Waals surface area (Å²) < 4.78 is 1.82. The quantitative estimate of drug-likeness (QED) is 0.140. The van der Waals surface area contributed by atoms with Gasteiger partial charge in [0.25, 0.3) is 17.4 Å². The molecule has 0 spiro atoms. The van der Waals surface area contributed by atoms with Gasteiger partial charge in [0.1, 0.15) is 4.83 Å². The van der Waals surface area contributed by atoms with Gasteiger partial charge in [-0.3, -0.25) is 23.9 Å². The molecule has 0 bridgehead atoms. The highest BCUT2D eigenvalue weighted by Crippen LogP contribution is 2.36. The van der Waals surface area contributed by atoms with Crippen molar-refractivity contribution in [3.63, 3.8) is 0 Å². The van der Waals surface area contributed by atoms with E-state index in [4.69, 9.17) is 4.98 Å². The maximum atomic E-state index is 13.7. The van der Waals surface area contributed by atoms with Crippen LogP contribution in [0, 0.1) is 0 Å². The van der Waals surface area contributed by atoms with Gasteiger partial charge in [-0.1, -0.05) is 54.2 Å². The fourth-order valence-electron chi connectivity index (χ4n) is 5.05. The van der Waals surface area contributed by atoms with Crippen molar-refractivity contribution in [1.29, 1.82) is 0 Å². The Morgan fingerprint density at radius 1 is 0.889 bits per heavy atom. The van der Waals surface area contributed by atoms with Crippen LogP contribution >= 0.6 is 23.1 Å². The molecule has 0 fully saturated rings. The normalized spacial score (nSPS) is 14.6. The van der Waals surface area contributed by atoms with Crippen LogP contribution in [0.3, 0.4) is 0 Å². The van der Waals surface area contributed by atoms with Gasteiger partial charge in [-0.05, 0) is 55.4 Å². The molecule has 0 N–H and O–H groups in total. The third kappa shape index (κ3) is 4.08. The number of hydrogen-bond acceptors (Lipinski definition) is 6. The van der Waals surface area contributed by atoms with Crippen molar-refractivity contribution in [1.82, 2.24) is 14.5 Å². The molecule has 0 saturated carbocycles. The van der Waals surface area contributed by atoms with E-state index in [0.717, 1.165) is 52.4 Å². The van der Waals surface area contributed by atoms with Crippen LogP contribution < -0.4 is 5.56 Å². The molecule has 6 nitrogen and oxygen atoms in total. The summed E-state index contributed by atoms with van der Waals surface area (Å²) in [4.78, 5) is 47.3. The summed E-state index contributed by atoms with van der Waals surface area (Å²) >= 11 is 3.24. The molecular weight excluding hydrogens is 490 g/mol. The van der Waals surface area contributed by atoms with Gasteiger partial charge in [-0.25, -0.2) is 4.98 Å². The number of carbonyl (C=O) groups is 2. The number of unbranched alkanes of at least 4 members (excludes halogenated alkanes) is 1. The Balaban J connectivity index is 1.17. The molecule has 8 heteroatoms. The topological polar surface area (TPSA) is 72.3 Å². The van der Waals surface area contributed by atoms with Crippen LogP contribution in [0.15, 0.2) is 64.5 Å². The highest BCUT2D eigenvalue weighted by atomic mass is 32.2. The number of fused-ring (bicyclic) bond motifs is 4. The number of amides is 2. The van der Waals surface area contributed by atoms with E-state index < -0.39 is 0 Å². The Hall–Kier alpha value is -3.23. The van der Waals surface area contributed by atoms with E-state index in [1.807, 2.05) is 34.9 Å². The summed E-state index contributed by atoms with van der Waals surface area (Å²) in [7, 11) is 0. The maximum Gasteiger partial charge on any atom is 0.263 e. The average molecular weight is 516 g/mol. The van der Waals surface area contributed by atoms with E-state index >= 15 is 0 Å². The molecule has 3 heterocycles. The molecule has 4 aromatic rings. The van der Waals surface area contributed by atoms with Crippen molar-refractivity contribution < 1.29 is 9.59 Å². The van der Waals surface area contributed by atoms with Gasteiger partial charge in [0.2, 0.25) is 0 Å². The van der Waals surface area contributed by atoms with Gasteiger partial charge in [0, 0.05) is 17.2 Å². The first kappa shape index (κ1) is 23.2. The monoisotopic (exact) mass is 515 g/mol. The van der Waals surface area contributed by atoms with Crippen molar-refractivity contribution in [2.75, 3.05) is 12.3 Å². The van der Waals surface area contributed by atoms with Gasteiger partial charge in [-0.15, -0.1) is 11.3 Å². The van der Waals surface area contributed by atoms with E-state index in [-0.39, 0.29) is 17.4 Å². The first-order chi connectivity index (χ1) is 17.6. The minimum atomic E-state index is -0.210. The molecule has 2 amide bonds. The third-order valence-electron chi connectivity index (χ3n) is 6.86. The summed E-state index contributed by atoms with van der Waals surface area (Å²) in [5.74, 6) is 0.330. The summed E-state index contributed by atoms with van der Waals surface area (Å²) in [5.41, 5.74) is 3.30. The number of thioether (sulfide) groups is 1. The van der Waals surface area contributed by atoms with Gasteiger partial charge < -0.3 is 0 Å². The van der Waals surface area contributed by atoms with Crippen molar-refractivity contribution in [2.24, 2.45) is 0 Å². The Morgan fingerprint density at radius 3 is 2.36 bits per heavy atom.